The molecule has 5 aliphatic rings. The van der Waals surface area contributed by atoms with Gasteiger partial charge in [-0.3, -0.25) is 10.4 Å². The van der Waals surface area contributed by atoms with Crippen molar-refractivity contribution in [3.63, 3.8) is 0 Å². The summed E-state index contributed by atoms with van der Waals surface area (Å²) in [5.74, 6) is 3.24. The molecule has 0 aromatic rings. The van der Waals surface area contributed by atoms with Crippen LogP contribution in [0.25, 0.3) is 0 Å². The summed E-state index contributed by atoms with van der Waals surface area (Å²) in [5.41, 5.74) is 6.38. The summed E-state index contributed by atoms with van der Waals surface area (Å²) in [4.78, 5) is 4.35. The maximum atomic E-state index is 12.2. The average Bonchev–Trinajstić information content (AvgIpc) is 3.35. The number of aliphatic hydroxyl groups is 2. The fraction of sp³-hybridized carbons (Fsp3) is 0.960. The molecule has 4 saturated carbocycles. The number of aliphatic hydroxyl groups excluding tert-OH is 1. The van der Waals surface area contributed by atoms with Crippen molar-refractivity contribution >= 4 is 5.96 Å². The van der Waals surface area contributed by atoms with Crippen LogP contribution in [0.2, 0.25) is 0 Å². The van der Waals surface area contributed by atoms with Gasteiger partial charge < -0.3 is 15.5 Å². The van der Waals surface area contributed by atoms with Gasteiger partial charge in [0.05, 0.1) is 18.2 Å². The Morgan fingerprint density at radius 1 is 1.06 bits per heavy atom. The number of aliphatic imine (C=N–C) groups is 1. The summed E-state index contributed by atoms with van der Waals surface area (Å²) in [7, 11) is 0. The lowest BCUT2D eigenvalue weighted by Gasteiger charge is -2.63. The molecule has 0 spiro atoms. The van der Waals surface area contributed by atoms with Crippen molar-refractivity contribution in [2.45, 2.75) is 96.2 Å². The van der Waals surface area contributed by atoms with Gasteiger partial charge in [-0.15, -0.1) is 0 Å². The highest BCUT2D eigenvalue weighted by molar-refractivity contribution is 5.80. The summed E-state index contributed by atoms with van der Waals surface area (Å²) in [6, 6.07) is 0. The molecule has 8 atom stereocenters. The molecule has 0 radical (unpaired) electrons. The van der Waals surface area contributed by atoms with E-state index in [-0.39, 0.29) is 11.5 Å². The molecule has 5 rings (SSSR count). The van der Waals surface area contributed by atoms with E-state index in [1.54, 1.807) is 0 Å². The molecular weight excluding hydrogens is 388 g/mol. The third kappa shape index (κ3) is 3.52. The third-order valence-electron chi connectivity index (χ3n) is 10.8. The Hall–Kier alpha value is -0.850. The topological polar surface area (TPSA) is 88.9 Å². The molecule has 176 valence electrons. The van der Waals surface area contributed by atoms with Crippen molar-refractivity contribution < 1.29 is 10.2 Å². The average molecular weight is 433 g/mol. The summed E-state index contributed by atoms with van der Waals surface area (Å²) >= 11 is 0. The van der Waals surface area contributed by atoms with Gasteiger partial charge in [0.15, 0.2) is 0 Å². The second-order valence-electron chi connectivity index (χ2n) is 11.9. The van der Waals surface area contributed by atoms with Gasteiger partial charge in [0, 0.05) is 13.1 Å². The van der Waals surface area contributed by atoms with Gasteiger partial charge >= 0.3 is 0 Å². The van der Waals surface area contributed by atoms with Gasteiger partial charge in [0.1, 0.15) is 0 Å². The molecule has 31 heavy (non-hydrogen) atoms. The minimum Gasteiger partial charge on any atom is -0.393 e. The number of hydrazine groups is 1. The first-order valence-corrected chi connectivity index (χ1v) is 13.0. The van der Waals surface area contributed by atoms with E-state index in [1.807, 2.05) is 0 Å². The molecule has 4 fully saturated rings. The van der Waals surface area contributed by atoms with E-state index in [0.29, 0.717) is 29.1 Å². The molecule has 0 bridgehead atoms. The third-order valence-corrected chi connectivity index (χ3v) is 10.8. The Morgan fingerprint density at radius 2 is 1.94 bits per heavy atom. The molecule has 0 aromatic heterocycles. The van der Waals surface area contributed by atoms with Crippen molar-refractivity contribution in [1.29, 1.82) is 0 Å². The molecule has 4 aliphatic carbocycles. The Labute approximate surface area is 188 Å². The highest BCUT2D eigenvalue weighted by Gasteiger charge is 2.66. The lowest BCUT2D eigenvalue weighted by molar-refractivity contribution is -0.210. The van der Waals surface area contributed by atoms with Gasteiger partial charge in [0.2, 0.25) is 5.96 Å². The smallest absolute Gasteiger partial charge is 0.206 e. The van der Waals surface area contributed by atoms with Crippen LogP contribution in [0.1, 0.15) is 84.5 Å². The zero-order valence-electron chi connectivity index (χ0n) is 19.6. The number of fused-ring (bicyclic) bond motifs is 5. The van der Waals surface area contributed by atoms with Crippen LogP contribution < -0.4 is 16.2 Å². The first-order chi connectivity index (χ1) is 14.9. The summed E-state index contributed by atoms with van der Waals surface area (Å²) in [6.45, 7) is 7.63. The number of hydrogen-bond acceptors (Lipinski definition) is 6. The van der Waals surface area contributed by atoms with Crippen LogP contribution in [0.4, 0.5) is 0 Å². The molecule has 5 N–H and O–H groups in total. The van der Waals surface area contributed by atoms with Crippen molar-refractivity contribution in [3.8, 4) is 0 Å². The minimum atomic E-state index is -0.487. The number of nitrogens with zero attached hydrogens (tertiary/aromatic N) is 1. The molecule has 6 heteroatoms. The zero-order chi connectivity index (χ0) is 21.7. The van der Waals surface area contributed by atoms with Crippen LogP contribution in [0.15, 0.2) is 4.99 Å². The largest absolute Gasteiger partial charge is 0.393 e. The lowest BCUT2D eigenvalue weighted by atomic mass is 9.43. The molecule has 0 aromatic carbocycles. The SMILES string of the molecule is C[C@]12CC[C@H](O)C[C@H]1CC[C@@H]1[C@@H]2CC[C@]2(C)[C@@H](CCCNNC3=NCCN3)CC[C@]12O. The number of nitrogens with one attached hydrogen (secondary N) is 3. The zero-order valence-corrected chi connectivity index (χ0v) is 19.6. The molecular formula is C25H44N4O2. The van der Waals surface area contributed by atoms with Crippen LogP contribution in [-0.2, 0) is 0 Å². The van der Waals surface area contributed by atoms with Crippen LogP contribution >= 0.6 is 0 Å². The maximum absolute atomic E-state index is 12.2. The summed E-state index contributed by atoms with van der Waals surface area (Å²) in [6.07, 6.45) is 12.3. The van der Waals surface area contributed by atoms with E-state index in [0.717, 1.165) is 64.1 Å². The van der Waals surface area contributed by atoms with Crippen molar-refractivity contribution in [2.75, 3.05) is 19.6 Å². The van der Waals surface area contributed by atoms with Gasteiger partial charge in [-0.25, -0.2) is 5.43 Å². The van der Waals surface area contributed by atoms with Gasteiger partial charge in [-0.05, 0) is 105 Å². The molecule has 0 amide bonds. The molecule has 1 heterocycles. The number of rotatable bonds is 5. The summed E-state index contributed by atoms with van der Waals surface area (Å²) in [5, 5.41) is 25.7. The van der Waals surface area contributed by atoms with E-state index in [1.165, 1.54) is 32.1 Å². The lowest BCUT2D eigenvalue weighted by Crippen LogP contribution is -2.62. The van der Waals surface area contributed by atoms with Crippen LogP contribution in [0, 0.1) is 34.5 Å². The Kier molecular flexibility index (Phi) is 5.79. The standard InChI is InChI=1S/C25H44N4O2/c1-23-10-8-19(30)16-18(23)5-6-21-20(23)9-11-24(2)17(7-12-25(21,24)31)4-3-13-28-29-22-26-14-15-27-22/h17-21,28,30-31H,3-16H2,1-2H3,(H2,26,27,29)/t17-,18+,19-,20-,21+,23-,24+,25-/m0/s1. The van der Waals surface area contributed by atoms with Gasteiger partial charge in [-0.2, -0.15) is 0 Å². The highest BCUT2D eigenvalue weighted by atomic mass is 16.3. The van der Waals surface area contributed by atoms with Crippen molar-refractivity contribution in [3.05, 3.63) is 0 Å². The van der Waals surface area contributed by atoms with E-state index in [4.69, 9.17) is 0 Å². The predicted octanol–water partition coefficient (Wildman–Crippen LogP) is 2.95. The summed E-state index contributed by atoms with van der Waals surface area (Å²) < 4.78 is 0. The Morgan fingerprint density at radius 3 is 2.74 bits per heavy atom. The number of hydrogen-bond donors (Lipinski definition) is 5. The van der Waals surface area contributed by atoms with Crippen molar-refractivity contribution in [2.24, 2.45) is 39.5 Å². The van der Waals surface area contributed by atoms with Gasteiger partial charge in [-0.1, -0.05) is 13.8 Å². The van der Waals surface area contributed by atoms with Gasteiger partial charge in [0.25, 0.3) is 0 Å². The predicted molar refractivity (Wildman–Crippen MR) is 123 cm³/mol. The molecule has 0 unspecified atom stereocenters. The van der Waals surface area contributed by atoms with Crippen molar-refractivity contribution in [1.82, 2.24) is 16.2 Å². The number of guanidine groups is 1. The molecule has 0 saturated heterocycles. The van der Waals surface area contributed by atoms with E-state index in [2.05, 4.69) is 35.0 Å². The Bertz CT molecular complexity index is 701. The van der Waals surface area contributed by atoms with Crippen LogP contribution in [0.5, 0.6) is 0 Å². The minimum absolute atomic E-state index is 0.0655. The normalized spacial score (nSPS) is 48.9. The molecule has 6 nitrogen and oxygen atoms in total. The quantitative estimate of drug-likeness (QED) is 0.340. The Balaban J connectivity index is 1.21. The first-order valence-electron chi connectivity index (χ1n) is 13.0. The second kappa shape index (κ2) is 8.18. The maximum Gasteiger partial charge on any atom is 0.206 e. The molecule has 1 aliphatic heterocycles. The highest BCUT2D eigenvalue weighted by Crippen LogP contribution is 2.69. The fourth-order valence-electron chi connectivity index (χ4n) is 8.84. The monoisotopic (exact) mass is 432 g/mol. The fourth-order valence-corrected chi connectivity index (χ4v) is 8.84. The van der Waals surface area contributed by atoms with Crippen LogP contribution in [0.3, 0.4) is 0 Å². The van der Waals surface area contributed by atoms with E-state index >= 15 is 0 Å². The van der Waals surface area contributed by atoms with Crippen LogP contribution in [-0.4, -0.2) is 47.5 Å². The first kappa shape index (κ1) is 22.0. The second-order valence-corrected chi connectivity index (χ2v) is 11.9. The van der Waals surface area contributed by atoms with E-state index < -0.39 is 5.60 Å². The van der Waals surface area contributed by atoms with E-state index in [9.17, 15) is 10.2 Å².